The largest absolute Gasteiger partial charge is 0.458 e. The summed E-state index contributed by atoms with van der Waals surface area (Å²) in [5.41, 5.74) is -3.63. The van der Waals surface area contributed by atoms with Crippen molar-refractivity contribution in [1.29, 1.82) is 0 Å². The van der Waals surface area contributed by atoms with E-state index in [9.17, 15) is 28.3 Å². The van der Waals surface area contributed by atoms with E-state index in [-0.39, 0.29) is 31.0 Å². The van der Waals surface area contributed by atoms with Crippen molar-refractivity contribution in [2.75, 3.05) is 6.61 Å². The second-order valence-electron chi connectivity index (χ2n) is 10.4. The Bertz CT molecular complexity index is 967. The van der Waals surface area contributed by atoms with E-state index in [0.717, 1.165) is 0 Å². The molecule has 5 nitrogen and oxygen atoms in total. The summed E-state index contributed by atoms with van der Waals surface area (Å²) in [5, 5.41) is 10.8. The first-order valence-corrected chi connectivity index (χ1v) is 12.0. The van der Waals surface area contributed by atoms with Crippen LogP contribution in [0, 0.1) is 28.6 Å². The molecule has 1 N–H and O–H groups in total. The summed E-state index contributed by atoms with van der Waals surface area (Å²) in [4.78, 5) is 35.1. The van der Waals surface area contributed by atoms with Crippen LogP contribution in [0.2, 0.25) is 0 Å². The number of hydrogen-bond acceptors (Lipinski definition) is 5. The molecular weight excluding hydrogens is 477 g/mol. The van der Waals surface area contributed by atoms with Gasteiger partial charge in [0, 0.05) is 23.7 Å². The van der Waals surface area contributed by atoms with Crippen LogP contribution in [0.1, 0.15) is 46.5 Å². The van der Waals surface area contributed by atoms with Crippen molar-refractivity contribution in [3.8, 4) is 0 Å². The first-order valence-electron chi connectivity index (χ1n) is 11.2. The van der Waals surface area contributed by atoms with Gasteiger partial charge in [-0.25, -0.2) is 8.78 Å². The maximum absolute atomic E-state index is 14.3. The number of allylic oxidation sites excluding steroid dienone is 4. The molecular formula is C24H28Cl2F2O5. The molecule has 182 valence electrons. The number of ether oxygens (including phenoxy) is 1. The van der Waals surface area contributed by atoms with Crippen LogP contribution in [-0.4, -0.2) is 51.5 Å². The van der Waals surface area contributed by atoms with E-state index in [0.29, 0.717) is 12.0 Å². The van der Waals surface area contributed by atoms with Crippen LogP contribution in [0.25, 0.3) is 0 Å². The molecule has 0 heterocycles. The zero-order valence-corrected chi connectivity index (χ0v) is 20.3. The molecule has 3 saturated carbocycles. The number of esters is 1. The van der Waals surface area contributed by atoms with E-state index in [1.165, 1.54) is 19.1 Å². The summed E-state index contributed by atoms with van der Waals surface area (Å²) in [6.07, 6.45) is 2.19. The van der Waals surface area contributed by atoms with Crippen LogP contribution in [0.3, 0.4) is 0 Å². The molecule has 3 fully saturated rings. The third kappa shape index (κ3) is 3.21. The van der Waals surface area contributed by atoms with Gasteiger partial charge in [-0.15, -0.1) is 23.2 Å². The summed E-state index contributed by atoms with van der Waals surface area (Å²) in [6, 6.07) is 0. The summed E-state index contributed by atoms with van der Waals surface area (Å²) >= 11 is 14.3. The molecule has 0 aromatic heterocycles. The van der Waals surface area contributed by atoms with E-state index >= 15 is 0 Å². The second-order valence-corrected chi connectivity index (χ2v) is 11.5. The van der Waals surface area contributed by atoms with E-state index in [2.05, 4.69) is 0 Å². The highest BCUT2D eigenvalue weighted by Crippen LogP contribution is 2.72. The lowest BCUT2D eigenvalue weighted by atomic mass is 9.44. The molecule has 0 radical (unpaired) electrons. The molecule has 0 amide bonds. The minimum absolute atomic E-state index is 0.00139. The number of carbonyl (C=O) groups excluding carboxylic acids is 3. The Morgan fingerprint density at radius 3 is 2.58 bits per heavy atom. The fourth-order valence-corrected chi connectivity index (χ4v) is 8.45. The summed E-state index contributed by atoms with van der Waals surface area (Å²) in [5.74, 6) is -3.69. The Labute approximate surface area is 201 Å². The molecule has 0 saturated heterocycles. The van der Waals surface area contributed by atoms with Crippen LogP contribution >= 0.6 is 23.2 Å². The molecule has 33 heavy (non-hydrogen) atoms. The molecule has 9 heteroatoms. The number of rotatable bonds is 4. The van der Waals surface area contributed by atoms with Gasteiger partial charge in [0.05, 0.1) is 10.3 Å². The fraction of sp³-hybridized carbons (Fsp3) is 0.708. The topological polar surface area (TPSA) is 80.7 Å². The molecule has 4 aliphatic rings. The van der Waals surface area contributed by atoms with Crippen LogP contribution in [-0.2, 0) is 19.1 Å². The first-order chi connectivity index (χ1) is 15.2. The summed E-state index contributed by atoms with van der Waals surface area (Å²) < 4.78 is 33.4. The highest BCUT2D eigenvalue weighted by molar-refractivity contribution is 6.34. The van der Waals surface area contributed by atoms with Gasteiger partial charge in [-0.3, -0.25) is 14.4 Å². The molecule has 4 rings (SSSR count). The summed E-state index contributed by atoms with van der Waals surface area (Å²) in [7, 11) is 0. The lowest BCUT2D eigenvalue weighted by molar-refractivity contribution is -0.168. The third-order valence-electron chi connectivity index (χ3n) is 9.02. The first kappa shape index (κ1) is 24.8. The lowest BCUT2D eigenvalue weighted by Crippen LogP contribution is -2.68. The Balaban J connectivity index is 1.79. The highest BCUT2D eigenvalue weighted by Gasteiger charge is 2.74. The molecule has 4 aliphatic carbocycles. The van der Waals surface area contributed by atoms with Crippen molar-refractivity contribution in [1.82, 2.24) is 0 Å². The summed E-state index contributed by atoms with van der Waals surface area (Å²) in [6.45, 7) is 4.12. The van der Waals surface area contributed by atoms with Crippen molar-refractivity contribution in [3.63, 3.8) is 0 Å². The predicted molar refractivity (Wildman–Crippen MR) is 118 cm³/mol. The SMILES string of the molecule is CC(=O)OCC(=O)[C@@]1(O)CC[C@H]2[C@@H]3C[C@H](C(F)F)C4=CC(=O)C=C[C@]4(C)[C@@]3(Cl)[C@H](Cl)C[C@@]21C. The highest BCUT2D eigenvalue weighted by atomic mass is 35.5. The number of halogens is 4. The normalized spacial score (nSPS) is 46.3. The van der Waals surface area contributed by atoms with Crippen LogP contribution < -0.4 is 0 Å². The van der Waals surface area contributed by atoms with Crippen LogP contribution in [0.4, 0.5) is 8.78 Å². The average molecular weight is 505 g/mol. The van der Waals surface area contributed by atoms with Crippen LogP contribution in [0.15, 0.2) is 23.8 Å². The Morgan fingerprint density at radius 2 is 1.97 bits per heavy atom. The molecule has 0 aromatic carbocycles. The third-order valence-corrected chi connectivity index (χ3v) is 10.6. The van der Waals surface area contributed by atoms with Gasteiger partial charge in [0.25, 0.3) is 0 Å². The standard InChI is InChI=1S/C24H28Cl2F2O5/c1-12(29)33-11-19(31)23(32)7-5-15-17-9-14(20(27)28)16-8-13(30)4-6-21(16,2)24(17,26)18(25)10-22(15,23)3/h4,6,8,14-15,17-18,20,32H,5,7,9-11H2,1-3H3/t14-,15-,17-,18+,21-,22-,23-,24-/m0/s1. The number of Topliss-reactive ketones (excluding diaryl/α,β-unsaturated/α-hetero) is 1. The van der Waals surface area contributed by atoms with Gasteiger partial charge in [-0.05, 0) is 55.2 Å². The fourth-order valence-electron chi connectivity index (χ4n) is 7.25. The second kappa shape index (κ2) is 7.85. The predicted octanol–water partition coefficient (Wildman–Crippen LogP) is 4.23. The van der Waals surface area contributed by atoms with Gasteiger partial charge in [0.15, 0.2) is 12.4 Å². The van der Waals surface area contributed by atoms with Crippen molar-refractivity contribution in [2.45, 2.75) is 68.7 Å². The maximum Gasteiger partial charge on any atom is 0.303 e. The smallest absolute Gasteiger partial charge is 0.303 e. The number of fused-ring (bicyclic) bond motifs is 5. The van der Waals surface area contributed by atoms with E-state index in [1.54, 1.807) is 19.9 Å². The molecule has 0 unspecified atom stereocenters. The van der Waals surface area contributed by atoms with Gasteiger partial charge < -0.3 is 9.84 Å². The molecule has 0 aliphatic heterocycles. The minimum Gasteiger partial charge on any atom is -0.458 e. The van der Waals surface area contributed by atoms with Gasteiger partial charge >= 0.3 is 5.97 Å². The van der Waals surface area contributed by atoms with Gasteiger partial charge in [-0.1, -0.05) is 19.9 Å². The van der Waals surface area contributed by atoms with Gasteiger partial charge in [-0.2, -0.15) is 0 Å². The number of aliphatic hydroxyl groups is 1. The number of hydrogen-bond donors (Lipinski definition) is 1. The average Bonchev–Trinajstić information content (AvgIpc) is 2.99. The monoisotopic (exact) mass is 504 g/mol. The number of ketones is 2. The molecule has 0 aromatic rings. The number of alkyl halides is 4. The van der Waals surface area contributed by atoms with E-state index in [4.69, 9.17) is 27.9 Å². The van der Waals surface area contributed by atoms with Gasteiger partial charge in [0.2, 0.25) is 12.2 Å². The number of carbonyl (C=O) groups is 3. The van der Waals surface area contributed by atoms with Crippen LogP contribution in [0.5, 0.6) is 0 Å². The Morgan fingerprint density at radius 1 is 1.30 bits per heavy atom. The Hall–Kier alpha value is -1.31. The maximum atomic E-state index is 14.3. The van der Waals surface area contributed by atoms with Crippen molar-refractivity contribution in [3.05, 3.63) is 23.8 Å². The molecule has 0 bridgehead atoms. The molecule has 8 atom stereocenters. The lowest BCUT2D eigenvalue weighted by Gasteiger charge is -2.65. The Kier molecular flexibility index (Phi) is 5.90. The van der Waals surface area contributed by atoms with E-state index < -0.39 is 63.3 Å². The van der Waals surface area contributed by atoms with E-state index in [1.807, 2.05) is 0 Å². The van der Waals surface area contributed by atoms with Crippen molar-refractivity contribution < 1.29 is 33.0 Å². The van der Waals surface area contributed by atoms with Gasteiger partial charge in [0.1, 0.15) is 5.60 Å². The zero-order chi connectivity index (χ0) is 24.6. The van der Waals surface area contributed by atoms with Crippen molar-refractivity contribution in [2.24, 2.45) is 28.6 Å². The molecule has 0 spiro atoms. The minimum atomic E-state index is -2.70. The quantitative estimate of drug-likeness (QED) is 0.457. The van der Waals surface area contributed by atoms with Crippen molar-refractivity contribution >= 4 is 40.7 Å². The zero-order valence-electron chi connectivity index (χ0n) is 18.7.